The van der Waals surface area contributed by atoms with Crippen molar-refractivity contribution in [2.24, 2.45) is 0 Å². The van der Waals surface area contributed by atoms with Gasteiger partial charge in [0.25, 0.3) is 5.91 Å². The third-order valence-electron chi connectivity index (χ3n) is 3.82. The molecular weight excluding hydrogens is 405 g/mol. The molecule has 1 aromatic carbocycles. The van der Waals surface area contributed by atoms with Crippen LogP contribution in [0.5, 0.6) is 0 Å². The number of carbonyl (C=O) groups excluding carboxylic acids is 2. The van der Waals surface area contributed by atoms with Gasteiger partial charge >= 0.3 is 0 Å². The minimum atomic E-state index is -0.419. The molecule has 3 aromatic rings. The highest BCUT2D eigenvalue weighted by molar-refractivity contribution is 8.01. The van der Waals surface area contributed by atoms with E-state index in [-0.39, 0.29) is 23.2 Å². The fraction of sp³-hybridized carbons (Fsp3) is 0.235. The highest BCUT2D eigenvalue weighted by atomic mass is 32.2. The zero-order valence-corrected chi connectivity index (χ0v) is 16.0. The van der Waals surface area contributed by atoms with E-state index in [1.165, 1.54) is 36.0 Å². The van der Waals surface area contributed by atoms with Crippen LogP contribution in [0.4, 0.5) is 15.2 Å². The van der Waals surface area contributed by atoms with Crippen molar-refractivity contribution in [3.8, 4) is 0 Å². The summed E-state index contributed by atoms with van der Waals surface area (Å²) in [5.41, 5.74) is 0.709. The molecule has 0 radical (unpaired) electrons. The summed E-state index contributed by atoms with van der Waals surface area (Å²) in [6.07, 6.45) is 2.12. The molecule has 2 aromatic heterocycles. The standard InChI is InChI=1S/C17H14FN5O3S2/c18-10-3-5-11(6-4-10)19-14(24)8-27-17-22-21-16(28-17)20-15(25)12-7-13(26-23-12)9-1-2-9/h3-7,9H,1-2,8H2,(H,19,24)(H,20,21,25). The molecule has 0 saturated heterocycles. The van der Waals surface area contributed by atoms with Crippen molar-refractivity contribution >= 4 is 45.7 Å². The van der Waals surface area contributed by atoms with Gasteiger partial charge in [0.2, 0.25) is 11.0 Å². The van der Waals surface area contributed by atoms with E-state index in [0.717, 1.165) is 29.9 Å². The second-order valence-corrected chi connectivity index (χ2v) is 8.26. The van der Waals surface area contributed by atoms with Crippen LogP contribution in [0.1, 0.15) is 35.0 Å². The Bertz CT molecular complexity index is 1000. The van der Waals surface area contributed by atoms with Gasteiger partial charge in [0.05, 0.1) is 5.75 Å². The minimum absolute atomic E-state index is 0.105. The molecule has 0 unspecified atom stereocenters. The van der Waals surface area contributed by atoms with Gasteiger partial charge in [0.15, 0.2) is 10.0 Å². The summed E-state index contributed by atoms with van der Waals surface area (Å²) in [6, 6.07) is 7.14. The van der Waals surface area contributed by atoms with E-state index in [2.05, 4.69) is 26.0 Å². The SMILES string of the molecule is O=C(CSc1nnc(NC(=O)c2cc(C3CC3)on2)s1)Nc1ccc(F)cc1. The normalized spacial score (nSPS) is 13.3. The molecule has 144 valence electrons. The second-order valence-electron chi connectivity index (χ2n) is 6.06. The lowest BCUT2D eigenvalue weighted by Crippen LogP contribution is -2.13. The number of benzene rings is 1. The molecule has 0 spiro atoms. The lowest BCUT2D eigenvalue weighted by atomic mass is 10.3. The van der Waals surface area contributed by atoms with Gasteiger partial charge in [-0.15, -0.1) is 10.2 Å². The summed E-state index contributed by atoms with van der Waals surface area (Å²) < 4.78 is 18.6. The summed E-state index contributed by atoms with van der Waals surface area (Å²) in [4.78, 5) is 24.1. The Morgan fingerprint density at radius 1 is 1.21 bits per heavy atom. The molecule has 1 fully saturated rings. The molecule has 0 bridgehead atoms. The zero-order valence-electron chi connectivity index (χ0n) is 14.3. The Morgan fingerprint density at radius 2 is 2.00 bits per heavy atom. The molecule has 0 aliphatic heterocycles. The molecule has 8 nitrogen and oxygen atoms in total. The number of amides is 2. The number of rotatable bonds is 7. The Morgan fingerprint density at radius 3 is 2.75 bits per heavy atom. The third-order valence-corrected chi connectivity index (χ3v) is 5.79. The molecular formula is C17H14FN5O3S2. The Balaban J connectivity index is 1.27. The van der Waals surface area contributed by atoms with Gasteiger partial charge in [-0.05, 0) is 37.1 Å². The molecule has 1 aliphatic carbocycles. The minimum Gasteiger partial charge on any atom is -0.360 e. The summed E-state index contributed by atoms with van der Waals surface area (Å²) in [5.74, 6) is 0.161. The average Bonchev–Trinajstić information content (AvgIpc) is 3.24. The van der Waals surface area contributed by atoms with E-state index in [4.69, 9.17) is 4.52 Å². The number of aromatic nitrogens is 3. The Labute approximate surface area is 166 Å². The number of nitrogens with one attached hydrogen (secondary N) is 2. The van der Waals surface area contributed by atoms with E-state index in [1.54, 1.807) is 6.07 Å². The van der Waals surface area contributed by atoms with Crippen LogP contribution in [-0.4, -0.2) is 32.9 Å². The molecule has 4 rings (SSSR count). The predicted molar refractivity (Wildman–Crippen MR) is 102 cm³/mol. The van der Waals surface area contributed by atoms with Crippen molar-refractivity contribution in [1.82, 2.24) is 15.4 Å². The molecule has 11 heteroatoms. The summed E-state index contributed by atoms with van der Waals surface area (Å²) in [7, 11) is 0. The molecule has 1 saturated carbocycles. The zero-order chi connectivity index (χ0) is 19.5. The molecule has 2 N–H and O–H groups in total. The fourth-order valence-electron chi connectivity index (χ4n) is 2.29. The highest BCUT2D eigenvalue weighted by Gasteiger charge is 2.29. The van der Waals surface area contributed by atoms with Crippen LogP contribution in [0.15, 0.2) is 39.2 Å². The topological polar surface area (TPSA) is 110 Å². The van der Waals surface area contributed by atoms with Gasteiger partial charge in [-0.3, -0.25) is 14.9 Å². The molecule has 0 atom stereocenters. The van der Waals surface area contributed by atoms with Crippen LogP contribution in [-0.2, 0) is 4.79 Å². The lowest BCUT2D eigenvalue weighted by molar-refractivity contribution is -0.113. The maximum atomic E-state index is 12.9. The van der Waals surface area contributed by atoms with Crippen molar-refractivity contribution in [1.29, 1.82) is 0 Å². The van der Waals surface area contributed by atoms with Crippen LogP contribution in [0.3, 0.4) is 0 Å². The lowest BCUT2D eigenvalue weighted by Gasteiger charge is -2.03. The van der Waals surface area contributed by atoms with Crippen LogP contribution >= 0.6 is 23.1 Å². The van der Waals surface area contributed by atoms with E-state index < -0.39 is 5.91 Å². The number of thioether (sulfide) groups is 1. The van der Waals surface area contributed by atoms with Crippen molar-refractivity contribution in [2.45, 2.75) is 23.1 Å². The smallest absolute Gasteiger partial charge is 0.279 e. The first-order valence-corrected chi connectivity index (χ1v) is 10.2. The fourth-order valence-corrected chi connectivity index (χ4v) is 3.84. The first-order valence-electron chi connectivity index (χ1n) is 8.36. The highest BCUT2D eigenvalue weighted by Crippen LogP contribution is 2.40. The molecule has 2 heterocycles. The number of halogens is 1. The molecule has 1 aliphatic rings. The van der Waals surface area contributed by atoms with Crippen LogP contribution < -0.4 is 10.6 Å². The Hall–Kier alpha value is -2.79. The van der Waals surface area contributed by atoms with Crippen molar-refractivity contribution < 1.29 is 18.5 Å². The number of nitrogens with zero attached hydrogens (tertiary/aromatic N) is 3. The maximum absolute atomic E-state index is 12.9. The average molecular weight is 419 g/mol. The third kappa shape index (κ3) is 4.73. The predicted octanol–water partition coefficient (Wildman–Crippen LogP) is 3.53. The van der Waals surface area contributed by atoms with Gasteiger partial charge < -0.3 is 9.84 Å². The summed E-state index contributed by atoms with van der Waals surface area (Å²) in [6.45, 7) is 0. The van der Waals surface area contributed by atoms with E-state index in [9.17, 15) is 14.0 Å². The number of hydrogen-bond acceptors (Lipinski definition) is 8. The van der Waals surface area contributed by atoms with Crippen molar-refractivity contribution in [3.63, 3.8) is 0 Å². The number of anilines is 2. The van der Waals surface area contributed by atoms with E-state index in [1.807, 2.05) is 0 Å². The monoisotopic (exact) mass is 419 g/mol. The van der Waals surface area contributed by atoms with Crippen LogP contribution in [0, 0.1) is 5.82 Å². The van der Waals surface area contributed by atoms with Crippen molar-refractivity contribution in [3.05, 3.63) is 47.6 Å². The number of carbonyl (C=O) groups is 2. The van der Waals surface area contributed by atoms with Gasteiger partial charge in [-0.25, -0.2) is 4.39 Å². The largest absolute Gasteiger partial charge is 0.360 e. The quantitative estimate of drug-likeness (QED) is 0.445. The summed E-state index contributed by atoms with van der Waals surface area (Å²) >= 11 is 2.34. The summed E-state index contributed by atoms with van der Waals surface area (Å²) in [5, 5.41) is 17.2. The van der Waals surface area contributed by atoms with Gasteiger partial charge in [0.1, 0.15) is 11.6 Å². The molecule has 28 heavy (non-hydrogen) atoms. The van der Waals surface area contributed by atoms with Gasteiger partial charge in [-0.1, -0.05) is 28.3 Å². The van der Waals surface area contributed by atoms with Crippen LogP contribution in [0.25, 0.3) is 0 Å². The van der Waals surface area contributed by atoms with E-state index >= 15 is 0 Å². The van der Waals surface area contributed by atoms with Gasteiger partial charge in [0, 0.05) is 17.7 Å². The second kappa shape index (κ2) is 8.07. The Kier molecular flexibility index (Phi) is 5.35. The molecule has 2 amide bonds. The first kappa shape index (κ1) is 18.6. The van der Waals surface area contributed by atoms with Crippen molar-refractivity contribution in [2.75, 3.05) is 16.4 Å². The van der Waals surface area contributed by atoms with E-state index in [0.29, 0.717) is 21.1 Å². The van der Waals surface area contributed by atoms with Gasteiger partial charge in [-0.2, -0.15) is 0 Å². The maximum Gasteiger partial charge on any atom is 0.279 e. The van der Waals surface area contributed by atoms with Crippen LogP contribution in [0.2, 0.25) is 0 Å². The first-order chi connectivity index (χ1) is 13.6. The number of hydrogen-bond donors (Lipinski definition) is 2.